The topological polar surface area (TPSA) is 35.8 Å². The molecule has 0 saturated heterocycles. The molecule has 0 bridgehead atoms. The van der Waals surface area contributed by atoms with Crippen LogP contribution in [0.15, 0.2) is 30.3 Å². The molecule has 5 heteroatoms. The zero-order valence-corrected chi connectivity index (χ0v) is 10.7. The molecule has 0 radical (unpaired) electrons. The minimum atomic E-state index is -0.832. The van der Waals surface area contributed by atoms with Crippen LogP contribution in [0.1, 0.15) is 16.7 Å². The predicted octanol–water partition coefficient (Wildman–Crippen LogP) is 3.90. The SMILES string of the molecule is Cc1ccc(NCc2c(F)cc(C#N)cc2F)c(F)c1. The van der Waals surface area contributed by atoms with Gasteiger partial charge >= 0.3 is 0 Å². The standard InChI is InChI=1S/C15H11F3N2/c1-9-2-3-15(14(18)4-9)20-8-11-12(16)5-10(7-19)6-13(11)17/h2-6,20H,8H2,1H3. The lowest BCUT2D eigenvalue weighted by atomic mass is 10.1. The fourth-order valence-corrected chi connectivity index (χ4v) is 1.78. The molecule has 2 rings (SSSR count). The highest BCUT2D eigenvalue weighted by Gasteiger charge is 2.12. The second-order valence-corrected chi connectivity index (χ2v) is 4.37. The monoisotopic (exact) mass is 276 g/mol. The van der Waals surface area contributed by atoms with Crippen molar-refractivity contribution in [3.8, 4) is 6.07 Å². The van der Waals surface area contributed by atoms with E-state index in [-0.39, 0.29) is 23.4 Å². The molecule has 20 heavy (non-hydrogen) atoms. The van der Waals surface area contributed by atoms with Gasteiger partial charge in [-0.05, 0) is 36.8 Å². The molecule has 0 fully saturated rings. The summed E-state index contributed by atoms with van der Waals surface area (Å²) in [6, 6.07) is 8.09. The number of nitriles is 1. The van der Waals surface area contributed by atoms with E-state index in [1.165, 1.54) is 12.1 Å². The van der Waals surface area contributed by atoms with Gasteiger partial charge in [0.25, 0.3) is 0 Å². The average molecular weight is 276 g/mol. The second-order valence-electron chi connectivity index (χ2n) is 4.37. The first-order valence-electron chi connectivity index (χ1n) is 5.89. The Kier molecular flexibility index (Phi) is 3.94. The number of nitrogens with zero attached hydrogens (tertiary/aromatic N) is 1. The van der Waals surface area contributed by atoms with Crippen LogP contribution in [0.25, 0.3) is 0 Å². The van der Waals surface area contributed by atoms with Gasteiger partial charge in [0, 0.05) is 12.1 Å². The molecular weight excluding hydrogens is 265 g/mol. The summed E-state index contributed by atoms with van der Waals surface area (Å²) in [6.45, 7) is 1.54. The van der Waals surface area contributed by atoms with E-state index in [4.69, 9.17) is 5.26 Å². The molecule has 102 valence electrons. The number of benzene rings is 2. The number of halogens is 3. The minimum absolute atomic E-state index is 0.0923. The lowest BCUT2D eigenvalue weighted by Gasteiger charge is -2.10. The van der Waals surface area contributed by atoms with E-state index in [0.717, 1.165) is 17.7 Å². The van der Waals surface area contributed by atoms with Gasteiger partial charge in [-0.3, -0.25) is 0 Å². The molecule has 1 N–H and O–H groups in total. The first-order chi connectivity index (χ1) is 9.51. The first-order valence-corrected chi connectivity index (χ1v) is 5.89. The molecule has 0 atom stereocenters. The number of nitrogens with one attached hydrogen (secondary N) is 1. The van der Waals surface area contributed by atoms with Gasteiger partial charge in [0.15, 0.2) is 0 Å². The summed E-state index contributed by atoms with van der Waals surface area (Å²) in [6.07, 6.45) is 0. The van der Waals surface area contributed by atoms with E-state index < -0.39 is 17.5 Å². The summed E-state index contributed by atoms with van der Waals surface area (Å²) in [7, 11) is 0. The second kappa shape index (κ2) is 5.66. The van der Waals surface area contributed by atoms with Crippen LogP contribution in [0.4, 0.5) is 18.9 Å². The Balaban J connectivity index is 2.21. The lowest BCUT2D eigenvalue weighted by Crippen LogP contribution is -2.06. The quantitative estimate of drug-likeness (QED) is 0.923. The molecule has 0 heterocycles. The largest absolute Gasteiger partial charge is 0.378 e. The Bertz CT molecular complexity index is 667. The van der Waals surface area contributed by atoms with Crippen LogP contribution in [0, 0.1) is 35.7 Å². The normalized spacial score (nSPS) is 10.2. The van der Waals surface area contributed by atoms with Crippen LogP contribution in [-0.2, 0) is 6.54 Å². The molecule has 0 aliphatic carbocycles. The van der Waals surface area contributed by atoms with Crippen molar-refractivity contribution in [1.82, 2.24) is 0 Å². The van der Waals surface area contributed by atoms with Crippen molar-refractivity contribution >= 4 is 5.69 Å². The van der Waals surface area contributed by atoms with Gasteiger partial charge in [0.05, 0.1) is 17.3 Å². The number of anilines is 1. The van der Waals surface area contributed by atoms with Crippen molar-refractivity contribution in [1.29, 1.82) is 5.26 Å². The number of hydrogen-bond acceptors (Lipinski definition) is 2. The molecule has 2 aromatic rings. The summed E-state index contributed by atoms with van der Waals surface area (Å²) in [5, 5.41) is 11.2. The van der Waals surface area contributed by atoms with E-state index in [2.05, 4.69) is 5.32 Å². The van der Waals surface area contributed by atoms with Crippen molar-refractivity contribution in [3.05, 3.63) is 64.5 Å². The van der Waals surface area contributed by atoms with Crippen LogP contribution in [0.3, 0.4) is 0 Å². The smallest absolute Gasteiger partial charge is 0.146 e. The zero-order chi connectivity index (χ0) is 14.7. The summed E-state index contributed by atoms with van der Waals surface area (Å²) in [5.41, 5.74) is 0.594. The Hall–Kier alpha value is -2.48. The Labute approximate surface area is 114 Å². The lowest BCUT2D eigenvalue weighted by molar-refractivity contribution is 0.558. The van der Waals surface area contributed by atoms with Gasteiger partial charge in [-0.2, -0.15) is 5.26 Å². The highest BCUT2D eigenvalue weighted by atomic mass is 19.1. The van der Waals surface area contributed by atoms with E-state index in [9.17, 15) is 13.2 Å². The molecule has 0 aliphatic heterocycles. The van der Waals surface area contributed by atoms with Gasteiger partial charge in [0.2, 0.25) is 0 Å². The van der Waals surface area contributed by atoms with Gasteiger partial charge in [-0.15, -0.1) is 0 Å². The van der Waals surface area contributed by atoms with Crippen LogP contribution < -0.4 is 5.32 Å². The number of rotatable bonds is 3. The molecule has 0 amide bonds. The maximum atomic E-state index is 13.6. The maximum absolute atomic E-state index is 13.6. The van der Waals surface area contributed by atoms with Gasteiger partial charge < -0.3 is 5.32 Å². The van der Waals surface area contributed by atoms with Gasteiger partial charge in [0.1, 0.15) is 17.5 Å². The molecule has 0 saturated carbocycles. The molecule has 0 unspecified atom stereocenters. The van der Waals surface area contributed by atoms with Crippen molar-refractivity contribution < 1.29 is 13.2 Å². The third kappa shape index (κ3) is 2.91. The van der Waals surface area contributed by atoms with Crippen LogP contribution in [0.2, 0.25) is 0 Å². The molecule has 2 nitrogen and oxygen atoms in total. The average Bonchev–Trinajstić information content (AvgIpc) is 2.39. The van der Waals surface area contributed by atoms with Crippen molar-refractivity contribution in [3.63, 3.8) is 0 Å². The van der Waals surface area contributed by atoms with Gasteiger partial charge in [-0.1, -0.05) is 6.07 Å². The zero-order valence-electron chi connectivity index (χ0n) is 10.7. The highest BCUT2D eigenvalue weighted by molar-refractivity contribution is 5.47. The Morgan fingerprint density at radius 1 is 1.05 bits per heavy atom. The van der Waals surface area contributed by atoms with Crippen molar-refractivity contribution in [2.24, 2.45) is 0 Å². The summed E-state index contributed by atoms with van der Waals surface area (Å²) in [4.78, 5) is 0. The third-order valence-corrected chi connectivity index (χ3v) is 2.85. The molecule has 0 spiro atoms. The number of hydrogen-bond donors (Lipinski definition) is 1. The summed E-state index contributed by atoms with van der Waals surface area (Å²) < 4.78 is 40.9. The molecule has 0 aliphatic rings. The van der Waals surface area contributed by atoms with Crippen molar-refractivity contribution in [2.75, 3.05) is 5.32 Å². The predicted molar refractivity (Wildman–Crippen MR) is 69.5 cm³/mol. The Morgan fingerprint density at radius 2 is 1.70 bits per heavy atom. The van der Waals surface area contributed by atoms with Crippen LogP contribution in [0.5, 0.6) is 0 Å². The molecule has 0 aromatic heterocycles. The number of aryl methyl sites for hydroxylation is 1. The van der Waals surface area contributed by atoms with Crippen LogP contribution >= 0.6 is 0 Å². The minimum Gasteiger partial charge on any atom is -0.378 e. The van der Waals surface area contributed by atoms with E-state index in [0.29, 0.717) is 0 Å². The van der Waals surface area contributed by atoms with E-state index in [1.54, 1.807) is 19.1 Å². The summed E-state index contributed by atoms with van der Waals surface area (Å²) >= 11 is 0. The van der Waals surface area contributed by atoms with Crippen molar-refractivity contribution in [2.45, 2.75) is 13.5 Å². The fraction of sp³-hybridized carbons (Fsp3) is 0.133. The summed E-state index contributed by atoms with van der Waals surface area (Å²) in [5.74, 6) is -2.15. The third-order valence-electron chi connectivity index (χ3n) is 2.85. The van der Waals surface area contributed by atoms with E-state index >= 15 is 0 Å². The first kappa shape index (κ1) is 13.9. The highest BCUT2D eigenvalue weighted by Crippen LogP contribution is 2.19. The van der Waals surface area contributed by atoms with Crippen LogP contribution in [-0.4, -0.2) is 0 Å². The molecule has 2 aromatic carbocycles. The van der Waals surface area contributed by atoms with E-state index in [1.807, 2.05) is 0 Å². The van der Waals surface area contributed by atoms with Gasteiger partial charge in [-0.25, -0.2) is 13.2 Å². The Morgan fingerprint density at radius 3 is 2.25 bits per heavy atom. The maximum Gasteiger partial charge on any atom is 0.146 e. The molecular formula is C15H11F3N2. The fourth-order valence-electron chi connectivity index (χ4n) is 1.78.